The molecule has 0 unspecified atom stereocenters. The predicted octanol–water partition coefficient (Wildman–Crippen LogP) is 1.79. The summed E-state index contributed by atoms with van der Waals surface area (Å²) in [6.45, 7) is 3.08. The van der Waals surface area contributed by atoms with E-state index in [1.54, 1.807) is 0 Å². The van der Waals surface area contributed by atoms with Crippen LogP contribution in [0.2, 0.25) is 0 Å². The number of hydrogen-bond donors (Lipinski definition) is 1. The Balaban J connectivity index is 0.00000242. The van der Waals surface area contributed by atoms with Crippen molar-refractivity contribution in [3.8, 4) is 0 Å². The summed E-state index contributed by atoms with van der Waals surface area (Å²) in [5.74, 6) is 1.15. The fourth-order valence-corrected chi connectivity index (χ4v) is 3.45. The maximum Gasteiger partial charge on any atom is 0.223 e. The molecular formula is C16H30ClN3O2. The number of rotatable bonds is 5. The minimum atomic E-state index is 0. The van der Waals surface area contributed by atoms with Crippen molar-refractivity contribution in [2.45, 2.75) is 51.4 Å². The van der Waals surface area contributed by atoms with Crippen LogP contribution in [0.15, 0.2) is 0 Å². The Labute approximate surface area is 140 Å². The lowest BCUT2D eigenvalue weighted by Gasteiger charge is -2.35. The number of piperazine rings is 1. The maximum atomic E-state index is 12.2. The summed E-state index contributed by atoms with van der Waals surface area (Å²) in [4.78, 5) is 27.8. The van der Waals surface area contributed by atoms with Gasteiger partial charge >= 0.3 is 0 Å². The van der Waals surface area contributed by atoms with E-state index in [2.05, 4.69) is 0 Å². The molecule has 0 aromatic heterocycles. The van der Waals surface area contributed by atoms with Gasteiger partial charge in [-0.2, -0.15) is 0 Å². The summed E-state index contributed by atoms with van der Waals surface area (Å²) in [6.07, 6.45) is 8.77. The average molecular weight is 332 g/mol. The van der Waals surface area contributed by atoms with Crippen LogP contribution in [0, 0.1) is 5.92 Å². The minimum absolute atomic E-state index is 0. The molecule has 0 aromatic rings. The molecule has 22 heavy (non-hydrogen) atoms. The van der Waals surface area contributed by atoms with Gasteiger partial charge in [-0.3, -0.25) is 9.59 Å². The largest absolute Gasteiger partial charge is 0.339 e. The van der Waals surface area contributed by atoms with Crippen LogP contribution in [0.5, 0.6) is 0 Å². The number of halogens is 1. The first-order valence-corrected chi connectivity index (χ1v) is 8.46. The van der Waals surface area contributed by atoms with Crippen molar-refractivity contribution in [1.29, 1.82) is 0 Å². The van der Waals surface area contributed by atoms with Crippen molar-refractivity contribution in [1.82, 2.24) is 9.80 Å². The number of nitrogens with zero attached hydrogens (tertiary/aromatic N) is 2. The standard InChI is InChI=1S/C16H29N3O2.ClH/c17-9-8-16(21)19-12-10-18(11-13-19)15(20)7-6-14-4-2-1-3-5-14;/h14H,1-13,17H2;1H. The van der Waals surface area contributed by atoms with E-state index in [0.29, 0.717) is 45.6 Å². The summed E-state index contributed by atoms with van der Waals surface area (Å²) in [6, 6.07) is 0. The molecule has 6 heteroatoms. The molecule has 0 radical (unpaired) electrons. The second kappa shape index (κ2) is 10.1. The summed E-state index contributed by atoms with van der Waals surface area (Å²) >= 11 is 0. The van der Waals surface area contributed by atoms with E-state index in [9.17, 15) is 9.59 Å². The number of carbonyl (C=O) groups excluding carboxylic acids is 2. The zero-order chi connectivity index (χ0) is 15.1. The Morgan fingerprint density at radius 2 is 1.36 bits per heavy atom. The van der Waals surface area contributed by atoms with E-state index >= 15 is 0 Å². The highest BCUT2D eigenvalue weighted by Gasteiger charge is 2.24. The fourth-order valence-electron chi connectivity index (χ4n) is 3.45. The fraction of sp³-hybridized carbons (Fsp3) is 0.875. The van der Waals surface area contributed by atoms with Gasteiger partial charge in [-0.05, 0) is 12.3 Å². The van der Waals surface area contributed by atoms with Crippen molar-refractivity contribution >= 4 is 24.2 Å². The maximum absolute atomic E-state index is 12.2. The van der Waals surface area contributed by atoms with Gasteiger partial charge < -0.3 is 15.5 Å². The summed E-state index contributed by atoms with van der Waals surface area (Å²) in [5.41, 5.74) is 5.41. The highest BCUT2D eigenvalue weighted by molar-refractivity contribution is 5.85. The van der Waals surface area contributed by atoms with E-state index < -0.39 is 0 Å². The molecule has 2 aliphatic rings. The van der Waals surface area contributed by atoms with E-state index in [1.165, 1.54) is 32.1 Å². The molecule has 5 nitrogen and oxygen atoms in total. The quantitative estimate of drug-likeness (QED) is 0.835. The third-order valence-electron chi connectivity index (χ3n) is 4.83. The molecule has 0 bridgehead atoms. The lowest BCUT2D eigenvalue weighted by Crippen LogP contribution is -2.50. The molecular weight excluding hydrogens is 302 g/mol. The summed E-state index contributed by atoms with van der Waals surface area (Å²) in [5, 5.41) is 0. The molecule has 1 saturated carbocycles. The highest BCUT2D eigenvalue weighted by atomic mass is 35.5. The van der Waals surface area contributed by atoms with Crippen molar-refractivity contribution in [2.24, 2.45) is 11.7 Å². The zero-order valence-corrected chi connectivity index (χ0v) is 14.3. The van der Waals surface area contributed by atoms with Gasteiger partial charge in [-0.1, -0.05) is 32.1 Å². The van der Waals surface area contributed by atoms with Crippen LogP contribution in [0.4, 0.5) is 0 Å². The van der Waals surface area contributed by atoms with Crippen LogP contribution >= 0.6 is 12.4 Å². The normalized spacial score (nSPS) is 19.7. The molecule has 0 spiro atoms. The Morgan fingerprint density at radius 1 is 0.864 bits per heavy atom. The van der Waals surface area contributed by atoms with Crippen molar-refractivity contribution in [2.75, 3.05) is 32.7 Å². The molecule has 2 fully saturated rings. The van der Waals surface area contributed by atoms with Crippen LogP contribution in [0.3, 0.4) is 0 Å². The predicted molar refractivity (Wildman–Crippen MR) is 89.9 cm³/mol. The molecule has 2 N–H and O–H groups in total. The van der Waals surface area contributed by atoms with Gasteiger partial charge in [0.25, 0.3) is 0 Å². The van der Waals surface area contributed by atoms with Gasteiger partial charge in [0.1, 0.15) is 0 Å². The van der Waals surface area contributed by atoms with E-state index in [-0.39, 0.29) is 24.2 Å². The summed E-state index contributed by atoms with van der Waals surface area (Å²) in [7, 11) is 0. The summed E-state index contributed by atoms with van der Waals surface area (Å²) < 4.78 is 0. The lowest BCUT2D eigenvalue weighted by atomic mass is 9.86. The molecule has 1 heterocycles. The van der Waals surface area contributed by atoms with Gasteiger partial charge in [0.2, 0.25) is 11.8 Å². The van der Waals surface area contributed by atoms with Gasteiger partial charge in [0, 0.05) is 45.6 Å². The molecule has 0 aromatic carbocycles. The minimum Gasteiger partial charge on any atom is -0.339 e. The van der Waals surface area contributed by atoms with E-state index in [1.807, 2.05) is 9.80 Å². The first-order valence-electron chi connectivity index (χ1n) is 8.46. The van der Waals surface area contributed by atoms with Crippen LogP contribution in [0.25, 0.3) is 0 Å². The smallest absolute Gasteiger partial charge is 0.223 e. The van der Waals surface area contributed by atoms with Gasteiger partial charge in [0.05, 0.1) is 0 Å². The SMILES string of the molecule is Cl.NCCC(=O)N1CCN(C(=O)CCC2CCCCC2)CC1. The molecule has 2 rings (SSSR count). The van der Waals surface area contributed by atoms with Crippen molar-refractivity contribution in [3.63, 3.8) is 0 Å². The van der Waals surface area contributed by atoms with Crippen molar-refractivity contribution < 1.29 is 9.59 Å². The number of hydrogen-bond acceptors (Lipinski definition) is 3. The number of nitrogens with two attached hydrogens (primary N) is 1. The molecule has 0 atom stereocenters. The third kappa shape index (κ3) is 5.76. The Morgan fingerprint density at radius 3 is 1.86 bits per heavy atom. The molecule has 128 valence electrons. The zero-order valence-electron chi connectivity index (χ0n) is 13.5. The van der Waals surface area contributed by atoms with Crippen LogP contribution in [-0.4, -0.2) is 54.3 Å². The number of amides is 2. The topological polar surface area (TPSA) is 66.6 Å². The number of carbonyl (C=O) groups is 2. The molecule has 1 aliphatic carbocycles. The first kappa shape index (κ1) is 19.2. The molecule has 2 amide bonds. The Kier molecular flexibility index (Phi) is 8.79. The van der Waals surface area contributed by atoms with Crippen LogP contribution in [0.1, 0.15) is 51.4 Å². The van der Waals surface area contributed by atoms with Crippen LogP contribution in [-0.2, 0) is 9.59 Å². The second-order valence-corrected chi connectivity index (χ2v) is 6.34. The second-order valence-electron chi connectivity index (χ2n) is 6.34. The molecule has 1 saturated heterocycles. The van der Waals surface area contributed by atoms with Gasteiger partial charge in [-0.15, -0.1) is 12.4 Å². The van der Waals surface area contributed by atoms with Gasteiger partial charge in [0.15, 0.2) is 0 Å². The lowest BCUT2D eigenvalue weighted by molar-refractivity contribution is -0.139. The monoisotopic (exact) mass is 331 g/mol. The average Bonchev–Trinajstić information content (AvgIpc) is 2.54. The first-order chi connectivity index (χ1) is 10.2. The Hall–Kier alpha value is -0.810. The van der Waals surface area contributed by atoms with Crippen molar-refractivity contribution in [3.05, 3.63) is 0 Å². The Bertz CT molecular complexity index is 351. The van der Waals surface area contributed by atoms with E-state index in [4.69, 9.17) is 5.73 Å². The van der Waals surface area contributed by atoms with Crippen LogP contribution < -0.4 is 5.73 Å². The van der Waals surface area contributed by atoms with Gasteiger partial charge in [-0.25, -0.2) is 0 Å². The third-order valence-corrected chi connectivity index (χ3v) is 4.83. The molecule has 1 aliphatic heterocycles. The highest BCUT2D eigenvalue weighted by Crippen LogP contribution is 2.27. The van der Waals surface area contributed by atoms with E-state index in [0.717, 1.165) is 12.3 Å².